The molecule has 1 saturated heterocycles. The topological polar surface area (TPSA) is 48.4 Å². The fraction of sp³-hybridized carbons (Fsp3) is 0.550. The van der Waals surface area contributed by atoms with Crippen LogP contribution in [0, 0.1) is 0 Å². The van der Waals surface area contributed by atoms with Gasteiger partial charge in [-0.05, 0) is 50.2 Å². The highest BCUT2D eigenvalue weighted by molar-refractivity contribution is 5.76. The number of nitrogens with one attached hydrogen (secondary N) is 1. The molecule has 0 saturated carbocycles. The molecule has 3 rings (SSSR count). The van der Waals surface area contributed by atoms with E-state index in [0.717, 1.165) is 63.1 Å². The molecule has 4 nitrogen and oxygen atoms in total. The van der Waals surface area contributed by atoms with E-state index in [-0.39, 0.29) is 6.10 Å². The highest BCUT2D eigenvalue weighted by Gasteiger charge is 2.20. The minimum Gasteiger partial charge on any atom is -0.393 e. The summed E-state index contributed by atoms with van der Waals surface area (Å²) in [7, 11) is 0. The Kier molecular flexibility index (Phi) is 5.69. The quantitative estimate of drug-likeness (QED) is 0.843. The van der Waals surface area contributed by atoms with Crippen LogP contribution in [0.25, 0.3) is 12.2 Å². The molecule has 0 amide bonds. The predicted octanol–water partition coefficient (Wildman–Crippen LogP) is 3.12. The van der Waals surface area contributed by atoms with Crippen LogP contribution in [-0.2, 0) is 12.8 Å². The van der Waals surface area contributed by atoms with Gasteiger partial charge in [0.15, 0.2) is 0 Å². The molecule has 0 radical (unpaired) electrons. The highest BCUT2D eigenvalue weighted by atomic mass is 16.3. The Labute approximate surface area is 145 Å². The van der Waals surface area contributed by atoms with Crippen molar-refractivity contribution in [2.45, 2.75) is 44.6 Å². The number of nitrogens with zero attached hydrogens (tertiary/aromatic N) is 2. The second-order valence-corrected chi connectivity index (χ2v) is 6.83. The number of hydrogen-bond acceptors (Lipinski definition) is 4. The van der Waals surface area contributed by atoms with Crippen molar-refractivity contribution in [1.29, 1.82) is 0 Å². The molecule has 0 unspecified atom stereocenters. The second kappa shape index (κ2) is 7.95. The van der Waals surface area contributed by atoms with Crippen molar-refractivity contribution in [3.05, 3.63) is 35.7 Å². The molecule has 1 aromatic heterocycles. The van der Waals surface area contributed by atoms with E-state index in [2.05, 4.69) is 23.4 Å². The first-order chi connectivity index (χ1) is 11.7. The van der Waals surface area contributed by atoms with Gasteiger partial charge in [0.25, 0.3) is 0 Å². The first kappa shape index (κ1) is 17.2. The summed E-state index contributed by atoms with van der Waals surface area (Å²) in [6.07, 6.45) is 10.0. The normalized spacial score (nSPS) is 18.9. The maximum Gasteiger partial charge on any atom is 0.0720 e. The van der Waals surface area contributed by atoms with E-state index in [1.54, 1.807) is 0 Å². The van der Waals surface area contributed by atoms with Gasteiger partial charge in [-0.15, -0.1) is 0 Å². The van der Waals surface area contributed by atoms with Crippen LogP contribution in [-0.4, -0.2) is 47.3 Å². The van der Waals surface area contributed by atoms with E-state index >= 15 is 0 Å². The van der Waals surface area contributed by atoms with Crippen molar-refractivity contribution in [2.75, 3.05) is 31.5 Å². The van der Waals surface area contributed by atoms with E-state index in [1.807, 2.05) is 12.2 Å². The Morgan fingerprint density at radius 1 is 1.17 bits per heavy atom. The van der Waals surface area contributed by atoms with Gasteiger partial charge in [0.05, 0.1) is 11.8 Å². The third-order valence-corrected chi connectivity index (χ3v) is 5.23. The smallest absolute Gasteiger partial charge is 0.0720 e. The van der Waals surface area contributed by atoms with Crippen LogP contribution in [0.2, 0.25) is 0 Å². The van der Waals surface area contributed by atoms with Gasteiger partial charge in [0.1, 0.15) is 0 Å². The number of aliphatic hydroxyl groups is 1. The lowest BCUT2D eigenvalue weighted by atomic mass is 9.91. The molecule has 4 heteroatoms. The number of aryl methyl sites for hydroxylation is 1. The monoisotopic (exact) mass is 327 g/mol. The predicted molar refractivity (Wildman–Crippen MR) is 101 cm³/mol. The molecule has 2 heterocycles. The maximum atomic E-state index is 9.62. The van der Waals surface area contributed by atoms with Gasteiger partial charge < -0.3 is 15.3 Å². The molecule has 24 heavy (non-hydrogen) atoms. The lowest BCUT2D eigenvalue weighted by molar-refractivity contribution is 0.0845. The minimum absolute atomic E-state index is 0.107. The van der Waals surface area contributed by atoms with Crippen LogP contribution in [0.1, 0.15) is 48.2 Å². The van der Waals surface area contributed by atoms with Gasteiger partial charge >= 0.3 is 0 Å². The van der Waals surface area contributed by atoms with E-state index in [1.165, 1.54) is 29.8 Å². The summed E-state index contributed by atoms with van der Waals surface area (Å²) in [4.78, 5) is 7.23. The SMILES string of the molecule is C=Cc1nc2c(c(NCCN3CCC(O)CC3)c1C=C)CCCC2. The number of hydrogen-bond donors (Lipinski definition) is 2. The number of anilines is 1. The Hall–Kier alpha value is -1.65. The standard InChI is InChI=1S/C20H29N3O/c1-3-16-18(4-2)22-19-8-6-5-7-17(19)20(16)21-11-14-23-12-9-15(24)10-13-23/h3-4,15,24H,1-2,5-14H2,(H,21,22). The molecule has 1 aliphatic heterocycles. The molecule has 130 valence electrons. The third-order valence-electron chi connectivity index (χ3n) is 5.23. The first-order valence-electron chi connectivity index (χ1n) is 9.18. The number of likely N-dealkylation sites (tertiary alicyclic amines) is 1. The van der Waals surface area contributed by atoms with E-state index < -0.39 is 0 Å². The van der Waals surface area contributed by atoms with Crippen molar-refractivity contribution in [1.82, 2.24) is 9.88 Å². The zero-order valence-corrected chi connectivity index (χ0v) is 14.6. The van der Waals surface area contributed by atoms with Crippen LogP contribution in [0.15, 0.2) is 13.2 Å². The van der Waals surface area contributed by atoms with Gasteiger partial charge in [-0.1, -0.05) is 19.2 Å². The molecule has 1 aromatic rings. The van der Waals surface area contributed by atoms with Gasteiger partial charge in [-0.3, -0.25) is 4.98 Å². The number of fused-ring (bicyclic) bond motifs is 1. The summed E-state index contributed by atoms with van der Waals surface area (Å²) in [5.41, 5.74) is 5.83. The molecule has 1 fully saturated rings. The number of pyridine rings is 1. The van der Waals surface area contributed by atoms with Crippen molar-refractivity contribution >= 4 is 17.8 Å². The molecular weight excluding hydrogens is 298 g/mol. The molecule has 0 atom stereocenters. The summed E-state index contributed by atoms with van der Waals surface area (Å²) in [6, 6.07) is 0. The fourth-order valence-corrected chi connectivity index (χ4v) is 3.82. The molecule has 2 aliphatic rings. The number of rotatable bonds is 6. The van der Waals surface area contributed by atoms with Crippen molar-refractivity contribution in [3.8, 4) is 0 Å². The van der Waals surface area contributed by atoms with Crippen LogP contribution >= 0.6 is 0 Å². The van der Waals surface area contributed by atoms with E-state index in [4.69, 9.17) is 4.98 Å². The summed E-state index contributed by atoms with van der Waals surface area (Å²) < 4.78 is 0. The summed E-state index contributed by atoms with van der Waals surface area (Å²) in [5.74, 6) is 0. The third kappa shape index (κ3) is 3.70. The fourth-order valence-electron chi connectivity index (χ4n) is 3.82. The molecule has 0 spiro atoms. The molecule has 2 N–H and O–H groups in total. The number of piperidine rings is 1. The molecule has 0 bridgehead atoms. The number of aromatic nitrogens is 1. The lowest BCUT2D eigenvalue weighted by Gasteiger charge is -2.30. The summed E-state index contributed by atoms with van der Waals surface area (Å²) in [5, 5.41) is 13.3. The van der Waals surface area contributed by atoms with Crippen molar-refractivity contribution in [2.24, 2.45) is 0 Å². The molecule has 1 aliphatic carbocycles. The van der Waals surface area contributed by atoms with Gasteiger partial charge in [-0.25, -0.2) is 0 Å². The van der Waals surface area contributed by atoms with Crippen LogP contribution in [0.4, 0.5) is 5.69 Å². The molecule has 0 aromatic carbocycles. The summed E-state index contributed by atoms with van der Waals surface area (Å²) >= 11 is 0. The zero-order valence-electron chi connectivity index (χ0n) is 14.6. The van der Waals surface area contributed by atoms with Crippen LogP contribution < -0.4 is 5.32 Å². The Morgan fingerprint density at radius 2 is 1.92 bits per heavy atom. The van der Waals surface area contributed by atoms with Crippen molar-refractivity contribution < 1.29 is 5.11 Å². The number of aliphatic hydroxyl groups excluding tert-OH is 1. The molecular formula is C20H29N3O. The average molecular weight is 327 g/mol. The summed E-state index contributed by atoms with van der Waals surface area (Å²) in [6.45, 7) is 11.8. The Bertz CT molecular complexity index is 603. The first-order valence-corrected chi connectivity index (χ1v) is 9.18. The Balaban J connectivity index is 1.73. The van der Waals surface area contributed by atoms with Gasteiger partial charge in [0, 0.05) is 43.1 Å². The van der Waals surface area contributed by atoms with E-state index in [9.17, 15) is 5.11 Å². The van der Waals surface area contributed by atoms with E-state index in [0.29, 0.717) is 0 Å². The maximum absolute atomic E-state index is 9.62. The van der Waals surface area contributed by atoms with Crippen molar-refractivity contribution in [3.63, 3.8) is 0 Å². The van der Waals surface area contributed by atoms with Crippen LogP contribution in [0.3, 0.4) is 0 Å². The second-order valence-electron chi connectivity index (χ2n) is 6.83. The van der Waals surface area contributed by atoms with Gasteiger partial charge in [0.2, 0.25) is 0 Å². The zero-order chi connectivity index (χ0) is 16.9. The van der Waals surface area contributed by atoms with Crippen LogP contribution in [0.5, 0.6) is 0 Å². The largest absolute Gasteiger partial charge is 0.393 e. The lowest BCUT2D eigenvalue weighted by Crippen LogP contribution is -2.38. The highest BCUT2D eigenvalue weighted by Crippen LogP contribution is 2.32. The van der Waals surface area contributed by atoms with Gasteiger partial charge in [-0.2, -0.15) is 0 Å². The average Bonchev–Trinajstić information content (AvgIpc) is 2.62. The minimum atomic E-state index is -0.107. The Morgan fingerprint density at radius 3 is 2.62 bits per heavy atom.